The van der Waals surface area contributed by atoms with E-state index in [-0.39, 0.29) is 11.7 Å². The number of carbonyl (C=O) groups is 1. The summed E-state index contributed by atoms with van der Waals surface area (Å²) in [4.78, 5) is 10.9. The van der Waals surface area contributed by atoms with Gasteiger partial charge in [-0.15, -0.1) is 0 Å². The van der Waals surface area contributed by atoms with Crippen LogP contribution < -0.4 is 10.1 Å². The molecule has 1 aliphatic heterocycles. The van der Waals surface area contributed by atoms with E-state index in [1.807, 2.05) is 0 Å². The number of methoxy groups -OCH3 is 1. The van der Waals surface area contributed by atoms with Gasteiger partial charge in [-0.25, -0.2) is 4.39 Å². The zero-order chi connectivity index (χ0) is 11.1. The van der Waals surface area contributed by atoms with Gasteiger partial charge in [0.1, 0.15) is 11.6 Å². The first-order valence-electron chi connectivity index (χ1n) is 4.71. The van der Waals surface area contributed by atoms with Gasteiger partial charge >= 0.3 is 0 Å². The number of nitrogens with one attached hydrogen (secondary N) is 1. The molecule has 0 spiro atoms. The highest BCUT2D eigenvalue weighted by Gasteiger charge is 2.43. The van der Waals surface area contributed by atoms with Gasteiger partial charge in [-0.2, -0.15) is 0 Å². The number of carbonyl (C=O) groups excluding carboxylic acids is 1. The van der Waals surface area contributed by atoms with Crippen LogP contribution in [0, 0.1) is 5.82 Å². The van der Waals surface area contributed by atoms with Crippen LogP contribution in [0.5, 0.6) is 5.75 Å². The summed E-state index contributed by atoms with van der Waals surface area (Å²) >= 11 is 0. The third kappa shape index (κ3) is 1.46. The summed E-state index contributed by atoms with van der Waals surface area (Å²) in [6.07, 6.45) is 0.296. The average molecular weight is 209 g/mol. The van der Waals surface area contributed by atoms with Crippen molar-refractivity contribution in [2.75, 3.05) is 7.11 Å². The van der Waals surface area contributed by atoms with Crippen molar-refractivity contribution in [3.05, 3.63) is 29.6 Å². The summed E-state index contributed by atoms with van der Waals surface area (Å²) in [5.74, 6) is 0.0529. The van der Waals surface area contributed by atoms with Gasteiger partial charge in [-0.3, -0.25) is 4.79 Å². The Bertz CT molecular complexity index is 409. The SMILES string of the molecule is COc1cccc(F)c1C1(C)CC(=O)N1. The van der Waals surface area contributed by atoms with E-state index in [9.17, 15) is 9.18 Å². The summed E-state index contributed by atoms with van der Waals surface area (Å²) in [6.45, 7) is 1.79. The predicted octanol–water partition coefficient (Wildman–Crippen LogP) is 1.57. The summed E-state index contributed by atoms with van der Waals surface area (Å²) in [6, 6.07) is 4.64. The highest BCUT2D eigenvalue weighted by atomic mass is 19.1. The number of rotatable bonds is 2. The van der Waals surface area contributed by atoms with Crippen LogP contribution >= 0.6 is 0 Å². The van der Waals surface area contributed by atoms with Crippen LogP contribution in [-0.2, 0) is 10.3 Å². The van der Waals surface area contributed by atoms with Gasteiger partial charge in [0, 0.05) is 0 Å². The summed E-state index contributed by atoms with van der Waals surface area (Å²) in [5.41, 5.74) is -0.208. The van der Waals surface area contributed by atoms with Crippen LogP contribution in [-0.4, -0.2) is 13.0 Å². The highest BCUT2D eigenvalue weighted by Crippen LogP contribution is 2.38. The smallest absolute Gasteiger partial charge is 0.223 e. The molecule has 1 amide bonds. The topological polar surface area (TPSA) is 38.3 Å². The summed E-state index contributed by atoms with van der Waals surface area (Å²) < 4.78 is 18.7. The molecule has 0 aromatic heterocycles. The Hall–Kier alpha value is -1.58. The molecule has 1 aliphatic rings. The Morgan fingerprint density at radius 2 is 2.20 bits per heavy atom. The zero-order valence-corrected chi connectivity index (χ0v) is 8.63. The maximum absolute atomic E-state index is 13.6. The fraction of sp³-hybridized carbons (Fsp3) is 0.364. The minimum atomic E-state index is -0.631. The molecule has 80 valence electrons. The molecule has 1 heterocycles. The number of halogens is 1. The van der Waals surface area contributed by atoms with Gasteiger partial charge in [-0.1, -0.05) is 6.07 Å². The Morgan fingerprint density at radius 1 is 1.53 bits per heavy atom. The van der Waals surface area contributed by atoms with Crippen molar-refractivity contribution in [3.63, 3.8) is 0 Å². The van der Waals surface area contributed by atoms with E-state index in [1.165, 1.54) is 13.2 Å². The molecule has 1 unspecified atom stereocenters. The van der Waals surface area contributed by atoms with Gasteiger partial charge in [0.05, 0.1) is 24.6 Å². The maximum Gasteiger partial charge on any atom is 0.223 e. The maximum atomic E-state index is 13.6. The number of hydrogen-bond acceptors (Lipinski definition) is 2. The molecule has 0 bridgehead atoms. The third-order valence-corrected chi connectivity index (χ3v) is 2.68. The molecule has 0 aliphatic carbocycles. The number of benzene rings is 1. The van der Waals surface area contributed by atoms with E-state index in [1.54, 1.807) is 19.1 Å². The molecule has 4 heteroatoms. The molecule has 15 heavy (non-hydrogen) atoms. The van der Waals surface area contributed by atoms with Crippen LogP contribution in [0.2, 0.25) is 0 Å². The lowest BCUT2D eigenvalue weighted by atomic mass is 9.81. The molecule has 3 nitrogen and oxygen atoms in total. The Kier molecular flexibility index (Phi) is 2.14. The van der Waals surface area contributed by atoms with E-state index in [2.05, 4.69) is 5.32 Å². The van der Waals surface area contributed by atoms with Crippen LogP contribution in [0.15, 0.2) is 18.2 Å². The van der Waals surface area contributed by atoms with Crippen molar-refractivity contribution in [3.8, 4) is 5.75 Å². The first-order chi connectivity index (χ1) is 7.07. The first-order valence-corrected chi connectivity index (χ1v) is 4.71. The minimum absolute atomic E-state index is 0.0668. The van der Waals surface area contributed by atoms with Crippen LogP contribution in [0.1, 0.15) is 18.9 Å². The van der Waals surface area contributed by atoms with Crippen molar-refractivity contribution in [2.24, 2.45) is 0 Å². The lowest BCUT2D eigenvalue weighted by molar-refractivity contribution is -0.132. The fourth-order valence-electron chi connectivity index (χ4n) is 1.97. The van der Waals surface area contributed by atoms with E-state index in [4.69, 9.17) is 4.74 Å². The lowest BCUT2D eigenvalue weighted by Gasteiger charge is -2.40. The van der Waals surface area contributed by atoms with E-state index in [0.717, 1.165) is 0 Å². The van der Waals surface area contributed by atoms with Gasteiger partial charge < -0.3 is 10.1 Å². The first kappa shape index (κ1) is 9.96. The molecule has 1 aromatic carbocycles. The molecule has 0 radical (unpaired) electrons. The van der Waals surface area contributed by atoms with E-state index >= 15 is 0 Å². The lowest BCUT2D eigenvalue weighted by Crippen LogP contribution is -2.56. The highest BCUT2D eigenvalue weighted by molar-refractivity contribution is 5.85. The molecule has 2 rings (SSSR count). The van der Waals surface area contributed by atoms with Crippen molar-refractivity contribution >= 4 is 5.91 Å². The van der Waals surface area contributed by atoms with Crippen LogP contribution in [0.25, 0.3) is 0 Å². The largest absolute Gasteiger partial charge is 0.496 e. The standard InChI is InChI=1S/C11H12FNO2/c1-11(6-9(14)13-11)10-7(12)4-3-5-8(10)15-2/h3-5H,6H2,1-2H3,(H,13,14). The number of amides is 1. The van der Waals surface area contributed by atoms with Crippen molar-refractivity contribution < 1.29 is 13.9 Å². The molecule has 1 atom stereocenters. The Morgan fingerprint density at radius 3 is 2.73 bits per heavy atom. The second kappa shape index (κ2) is 3.22. The quantitative estimate of drug-likeness (QED) is 0.751. The Labute approximate surface area is 87.2 Å². The normalized spacial score (nSPS) is 24.3. The molecule has 0 saturated carbocycles. The Balaban J connectivity index is 2.47. The van der Waals surface area contributed by atoms with Gasteiger partial charge in [0.15, 0.2) is 0 Å². The monoisotopic (exact) mass is 209 g/mol. The van der Waals surface area contributed by atoms with Gasteiger partial charge in [-0.05, 0) is 19.1 Å². The van der Waals surface area contributed by atoms with Gasteiger partial charge in [0.25, 0.3) is 0 Å². The molecule has 1 fully saturated rings. The van der Waals surface area contributed by atoms with Crippen LogP contribution in [0.3, 0.4) is 0 Å². The number of ether oxygens (including phenoxy) is 1. The summed E-state index contributed by atoms with van der Waals surface area (Å²) in [7, 11) is 1.49. The average Bonchev–Trinajstić information content (AvgIpc) is 2.14. The molecule has 1 saturated heterocycles. The predicted molar refractivity (Wildman–Crippen MR) is 53.1 cm³/mol. The van der Waals surface area contributed by atoms with Gasteiger partial charge in [0.2, 0.25) is 5.91 Å². The number of β-lactam (4-membered cyclic amide) rings is 1. The van der Waals surface area contributed by atoms with Crippen molar-refractivity contribution in [1.82, 2.24) is 5.32 Å². The minimum Gasteiger partial charge on any atom is -0.496 e. The molecule has 1 N–H and O–H groups in total. The zero-order valence-electron chi connectivity index (χ0n) is 8.63. The third-order valence-electron chi connectivity index (χ3n) is 2.68. The summed E-state index contributed by atoms with van der Waals surface area (Å²) in [5, 5.41) is 2.69. The van der Waals surface area contributed by atoms with E-state index in [0.29, 0.717) is 17.7 Å². The van der Waals surface area contributed by atoms with Crippen LogP contribution in [0.4, 0.5) is 4.39 Å². The second-order valence-electron chi connectivity index (χ2n) is 3.87. The molecular weight excluding hydrogens is 197 g/mol. The number of hydrogen-bond donors (Lipinski definition) is 1. The fourth-order valence-corrected chi connectivity index (χ4v) is 1.97. The van der Waals surface area contributed by atoms with Crippen molar-refractivity contribution in [2.45, 2.75) is 18.9 Å². The van der Waals surface area contributed by atoms with Crippen molar-refractivity contribution in [1.29, 1.82) is 0 Å². The second-order valence-corrected chi connectivity index (χ2v) is 3.87. The molecular formula is C11H12FNO2. The molecule has 1 aromatic rings. The van der Waals surface area contributed by atoms with E-state index < -0.39 is 5.54 Å².